The Kier molecular flexibility index (Phi) is 5.86. The molecule has 0 spiro atoms. The minimum atomic E-state index is 1.02. The van der Waals surface area contributed by atoms with Gasteiger partial charge in [-0.3, -0.25) is 9.98 Å². The molecule has 1 rings (SSSR count). The number of nitrogens with zero attached hydrogens (tertiary/aromatic N) is 2. The van der Waals surface area contributed by atoms with Crippen molar-refractivity contribution >= 4 is 11.9 Å². The van der Waals surface area contributed by atoms with E-state index in [-0.39, 0.29) is 0 Å². The summed E-state index contributed by atoms with van der Waals surface area (Å²) >= 11 is 0. The van der Waals surface area contributed by atoms with E-state index in [1.807, 2.05) is 37.4 Å². The molecular formula is C14H18N2. The summed E-state index contributed by atoms with van der Waals surface area (Å²) in [5, 5.41) is 0. The molecule has 0 aliphatic rings. The molecule has 0 fully saturated rings. The molecule has 1 aromatic heterocycles. The molecule has 0 bridgehead atoms. The van der Waals surface area contributed by atoms with Crippen molar-refractivity contribution in [2.24, 2.45) is 4.99 Å². The number of aromatic nitrogens is 1. The van der Waals surface area contributed by atoms with Gasteiger partial charge in [-0.1, -0.05) is 25.5 Å². The maximum absolute atomic E-state index is 4.44. The molecule has 2 heteroatoms. The van der Waals surface area contributed by atoms with Gasteiger partial charge in [-0.15, -0.1) is 0 Å². The van der Waals surface area contributed by atoms with E-state index in [2.05, 4.69) is 23.0 Å². The minimum Gasteiger partial charge on any atom is -0.265 e. The van der Waals surface area contributed by atoms with Crippen LogP contribution in [-0.4, -0.2) is 11.2 Å². The largest absolute Gasteiger partial charge is 0.265 e. The number of pyridine rings is 1. The van der Waals surface area contributed by atoms with Crippen molar-refractivity contribution in [2.75, 3.05) is 0 Å². The van der Waals surface area contributed by atoms with E-state index in [0.717, 1.165) is 24.1 Å². The Morgan fingerprint density at radius 1 is 1.38 bits per heavy atom. The molecule has 16 heavy (non-hydrogen) atoms. The van der Waals surface area contributed by atoms with E-state index >= 15 is 0 Å². The van der Waals surface area contributed by atoms with Crippen molar-refractivity contribution in [1.82, 2.24) is 4.98 Å². The molecule has 1 aromatic rings. The Balaban J connectivity index is 2.88. The van der Waals surface area contributed by atoms with Crippen LogP contribution in [0, 0.1) is 0 Å². The second-order valence-corrected chi connectivity index (χ2v) is 3.42. The molecule has 0 saturated carbocycles. The van der Waals surface area contributed by atoms with Gasteiger partial charge >= 0.3 is 0 Å². The van der Waals surface area contributed by atoms with E-state index in [4.69, 9.17) is 0 Å². The molecule has 1 heterocycles. The molecule has 0 atom stereocenters. The SMILES string of the molecule is C\C=C/C=N/C(=C/CCC)c1ccncc1. The van der Waals surface area contributed by atoms with E-state index < -0.39 is 0 Å². The summed E-state index contributed by atoms with van der Waals surface area (Å²) in [5.74, 6) is 0. The predicted molar refractivity (Wildman–Crippen MR) is 70.4 cm³/mol. The maximum Gasteiger partial charge on any atom is 0.0663 e. The molecule has 0 unspecified atom stereocenters. The maximum atomic E-state index is 4.44. The second-order valence-electron chi connectivity index (χ2n) is 3.42. The molecule has 2 nitrogen and oxygen atoms in total. The first-order chi connectivity index (χ1) is 7.88. The summed E-state index contributed by atoms with van der Waals surface area (Å²) in [7, 11) is 0. The summed E-state index contributed by atoms with van der Waals surface area (Å²) in [6.07, 6.45) is 13.6. The van der Waals surface area contributed by atoms with Crippen LogP contribution in [0.25, 0.3) is 5.70 Å². The Hall–Kier alpha value is -1.70. The van der Waals surface area contributed by atoms with Gasteiger partial charge in [0.25, 0.3) is 0 Å². The molecule has 0 aliphatic heterocycles. The van der Waals surface area contributed by atoms with Gasteiger partial charge < -0.3 is 0 Å². The standard InChI is InChI=1S/C14H18N2/c1-3-5-7-14(16-10-6-4-2)13-8-11-15-12-9-13/h4,6-12H,3,5H2,1-2H3/b6-4-,14-7+,16-10+. The normalized spacial score (nSPS) is 12.8. The molecule has 0 radical (unpaired) electrons. The van der Waals surface area contributed by atoms with Crippen LogP contribution in [0.5, 0.6) is 0 Å². The topological polar surface area (TPSA) is 25.2 Å². The summed E-state index contributed by atoms with van der Waals surface area (Å²) in [6, 6.07) is 3.96. The number of rotatable bonds is 5. The van der Waals surface area contributed by atoms with Gasteiger partial charge in [-0.25, -0.2) is 0 Å². The van der Waals surface area contributed by atoms with Gasteiger partial charge in [0, 0.05) is 24.2 Å². The molecular weight excluding hydrogens is 196 g/mol. The van der Waals surface area contributed by atoms with Gasteiger partial charge in [0.2, 0.25) is 0 Å². The van der Waals surface area contributed by atoms with Gasteiger partial charge in [0.15, 0.2) is 0 Å². The summed E-state index contributed by atoms with van der Waals surface area (Å²) in [5.41, 5.74) is 2.13. The van der Waals surface area contributed by atoms with Gasteiger partial charge in [0.05, 0.1) is 5.70 Å². The number of allylic oxidation sites excluding steroid dienone is 3. The monoisotopic (exact) mass is 214 g/mol. The average Bonchev–Trinajstić information content (AvgIpc) is 2.35. The van der Waals surface area contributed by atoms with Crippen molar-refractivity contribution in [3.8, 4) is 0 Å². The van der Waals surface area contributed by atoms with Crippen LogP contribution in [0.2, 0.25) is 0 Å². The fourth-order valence-electron chi connectivity index (χ4n) is 1.26. The molecule has 0 N–H and O–H groups in total. The highest BCUT2D eigenvalue weighted by atomic mass is 14.7. The number of hydrogen-bond donors (Lipinski definition) is 0. The Morgan fingerprint density at radius 2 is 2.12 bits per heavy atom. The quantitative estimate of drug-likeness (QED) is 0.683. The minimum absolute atomic E-state index is 1.02. The van der Waals surface area contributed by atoms with E-state index in [1.165, 1.54) is 0 Å². The van der Waals surface area contributed by atoms with Gasteiger partial charge in [-0.05, 0) is 31.6 Å². The van der Waals surface area contributed by atoms with Crippen molar-refractivity contribution in [3.63, 3.8) is 0 Å². The number of hydrogen-bond acceptors (Lipinski definition) is 2. The smallest absolute Gasteiger partial charge is 0.0663 e. The highest BCUT2D eigenvalue weighted by molar-refractivity contribution is 5.79. The predicted octanol–water partition coefficient (Wildman–Crippen LogP) is 3.87. The van der Waals surface area contributed by atoms with Crippen LogP contribution in [0.4, 0.5) is 0 Å². The van der Waals surface area contributed by atoms with E-state index in [1.54, 1.807) is 12.4 Å². The van der Waals surface area contributed by atoms with Gasteiger partial charge in [0.1, 0.15) is 0 Å². The lowest BCUT2D eigenvalue weighted by Gasteiger charge is -2.00. The Morgan fingerprint density at radius 3 is 2.75 bits per heavy atom. The van der Waals surface area contributed by atoms with Crippen molar-refractivity contribution in [2.45, 2.75) is 26.7 Å². The zero-order valence-corrected chi connectivity index (χ0v) is 9.93. The summed E-state index contributed by atoms with van der Waals surface area (Å²) < 4.78 is 0. The molecule has 0 aliphatic carbocycles. The number of aliphatic imine (C=N–C) groups is 1. The van der Waals surface area contributed by atoms with Crippen LogP contribution in [0.1, 0.15) is 32.3 Å². The number of unbranched alkanes of at least 4 members (excludes halogenated alkanes) is 1. The Bertz CT molecular complexity index is 375. The highest BCUT2D eigenvalue weighted by Gasteiger charge is 1.96. The lowest BCUT2D eigenvalue weighted by molar-refractivity contribution is 0.958. The first-order valence-electron chi connectivity index (χ1n) is 5.64. The Labute approximate surface area is 97.5 Å². The fraction of sp³-hybridized carbons (Fsp3) is 0.286. The zero-order chi connectivity index (χ0) is 11.6. The van der Waals surface area contributed by atoms with Crippen LogP contribution >= 0.6 is 0 Å². The third kappa shape index (κ3) is 4.22. The second kappa shape index (κ2) is 7.57. The first kappa shape index (κ1) is 12.4. The molecule has 0 saturated heterocycles. The van der Waals surface area contributed by atoms with Crippen molar-refractivity contribution in [1.29, 1.82) is 0 Å². The third-order valence-corrected chi connectivity index (χ3v) is 2.09. The fourth-order valence-corrected chi connectivity index (χ4v) is 1.26. The lowest BCUT2D eigenvalue weighted by atomic mass is 10.1. The molecule has 84 valence electrons. The van der Waals surface area contributed by atoms with Gasteiger partial charge in [-0.2, -0.15) is 0 Å². The van der Waals surface area contributed by atoms with E-state index in [9.17, 15) is 0 Å². The van der Waals surface area contributed by atoms with Crippen LogP contribution in [-0.2, 0) is 0 Å². The highest BCUT2D eigenvalue weighted by Crippen LogP contribution is 2.15. The van der Waals surface area contributed by atoms with Crippen molar-refractivity contribution in [3.05, 3.63) is 48.3 Å². The molecule has 0 amide bonds. The zero-order valence-electron chi connectivity index (χ0n) is 9.93. The molecule has 0 aromatic carbocycles. The van der Waals surface area contributed by atoms with Crippen molar-refractivity contribution < 1.29 is 0 Å². The summed E-state index contributed by atoms with van der Waals surface area (Å²) in [4.78, 5) is 8.45. The van der Waals surface area contributed by atoms with Crippen LogP contribution < -0.4 is 0 Å². The lowest BCUT2D eigenvalue weighted by Crippen LogP contribution is -1.83. The van der Waals surface area contributed by atoms with Crippen LogP contribution in [0.3, 0.4) is 0 Å². The van der Waals surface area contributed by atoms with E-state index in [0.29, 0.717) is 0 Å². The average molecular weight is 214 g/mol. The third-order valence-electron chi connectivity index (χ3n) is 2.09. The van der Waals surface area contributed by atoms with Crippen LogP contribution in [0.15, 0.2) is 47.7 Å². The summed E-state index contributed by atoms with van der Waals surface area (Å²) in [6.45, 7) is 4.14. The first-order valence-corrected chi connectivity index (χ1v) is 5.64.